The summed E-state index contributed by atoms with van der Waals surface area (Å²) in [7, 11) is 0. The number of carbonyl (C=O) groups excluding carboxylic acids is 5. The number of benzene rings is 1. The molecule has 4 atom stereocenters. The van der Waals surface area contributed by atoms with E-state index in [1.807, 2.05) is 71.9 Å². The van der Waals surface area contributed by atoms with Gasteiger partial charge < -0.3 is 35.8 Å². The van der Waals surface area contributed by atoms with Crippen LogP contribution >= 0.6 is 0 Å². The molecule has 12 nitrogen and oxygen atoms in total. The fourth-order valence-corrected chi connectivity index (χ4v) is 4.61. The molecule has 0 bridgehead atoms. The first kappa shape index (κ1) is 36.0. The second kappa shape index (κ2) is 18.4. The van der Waals surface area contributed by atoms with Gasteiger partial charge in [-0.3, -0.25) is 14.4 Å². The molecule has 1 aromatic carbocycles. The van der Waals surface area contributed by atoms with Gasteiger partial charge in [0.25, 0.3) is 0 Å². The number of imidazole rings is 1. The third-order valence-corrected chi connectivity index (χ3v) is 6.70. The molecular formula is C32H48N6O6. The van der Waals surface area contributed by atoms with Crippen LogP contribution in [0.5, 0.6) is 0 Å². The molecule has 5 N–H and O–H groups in total. The largest absolute Gasteiger partial charge is 0.445 e. The molecule has 0 radical (unpaired) electrons. The van der Waals surface area contributed by atoms with Gasteiger partial charge in [0.1, 0.15) is 31.0 Å². The van der Waals surface area contributed by atoms with Crippen LogP contribution in [-0.4, -0.2) is 64.2 Å². The predicted molar refractivity (Wildman–Crippen MR) is 166 cm³/mol. The summed E-state index contributed by atoms with van der Waals surface area (Å²) in [6.07, 6.45) is 4.12. The average Bonchev–Trinajstić information content (AvgIpc) is 3.47. The molecule has 0 fully saturated rings. The second-order valence-corrected chi connectivity index (χ2v) is 12.3. The molecule has 12 heteroatoms. The van der Waals surface area contributed by atoms with Crippen molar-refractivity contribution in [2.45, 2.75) is 98.0 Å². The van der Waals surface area contributed by atoms with Gasteiger partial charge in [-0.2, -0.15) is 0 Å². The molecule has 2 aromatic rings. The number of aromatic nitrogens is 2. The smallest absolute Gasteiger partial charge is 0.408 e. The van der Waals surface area contributed by atoms with E-state index >= 15 is 0 Å². The number of aromatic amines is 1. The number of carbonyl (C=O) groups is 5. The van der Waals surface area contributed by atoms with E-state index in [2.05, 4.69) is 31.2 Å². The van der Waals surface area contributed by atoms with E-state index in [4.69, 9.17) is 4.74 Å². The Labute approximate surface area is 259 Å². The lowest BCUT2D eigenvalue weighted by Crippen LogP contribution is -2.58. The van der Waals surface area contributed by atoms with Crippen LogP contribution in [0.25, 0.3) is 0 Å². The standard InChI is InChI=1S/C32H48N6O6/c1-20(2)12-26(29(40)35-25(17-39)15-24-16-33-19-34-24)36-30(41)27(13-21(3)4)37-31(42)28(14-22(5)6)38-32(43)44-18-23-10-8-7-9-11-23/h7-11,16-17,19-22,25-28H,12-15,18H2,1-6H3,(H,33,34)(H,35,40)(H,36,41)(H,37,42)(H,38,43)/t25-,26-,27-,28-/m0/s1. The average molecular weight is 613 g/mol. The van der Waals surface area contributed by atoms with Crippen LogP contribution in [0.15, 0.2) is 42.9 Å². The fraction of sp³-hybridized carbons (Fsp3) is 0.562. The zero-order valence-electron chi connectivity index (χ0n) is 26.6. The highest BCUT2D eigenvalue weighted by Gasteiger charge is 2.31. The van der Waals surface area contributed by atoms with Crippen molar-refractivity contribution in [3.63, 3.8) is 0 Å². The maximum atomic E-state index is 13.5. The summed E-state index contributed by atoms with van der Waals surface area (Å²) in [6.45, 7) is 11.6. The van der Waals surface area contributed by atoms with Crippen molar-refractivity contribution in [3.8, 4) is 0 Å². The Bertz CT molecular complexity index is 1190. The summed E-state index contributed by atoms with van der Waals surface area (Å²) < 4.78 is 5.31. The number of hydrogen-bond acceptors (Lipinski definition) is 7. The van der Waals surface area contributed by atoms with Crippen LogP contribution in [-0.2, 0) is 36.9 Å². The minimum absolute atomic E-state index is 0.0321. The first-order chi connectivity index (χ1) is 20.9. The van der Waals surface area contributed by atoms with Crippen LogP contribution in [0.3, 0.4) is 0 Å². The van der Waals surface area contributed by atoms with Gasteiger partial charge in [-0.1, -0.05) is 71.9 Å². The van der Waals surface area contributed by atoms with Crippen LogP contribution < -0.4 is 21.3 Å². The van der Waals surface area contributed by atoms with Gasteiger partial charge in [0.2, 0.25) is 17.7 Å². The molecular weight excluding hydrogens is 564 g/mol. The third-order valence-electron chi connectivity index (χ3n) is 6.70. The monoisotopic (exact) mass is 612 g/mol. The van der Waals surface area contributed by atoms with Gasteiger partial charge in [-0.05, 0) is 42.6 Å². The van der Waals surface area contributed by atoms with E-state index in [0.717, 1.165) is 5.56 Å². The highest BCUT2D eigenvalue weighted by molar-refractivity contribution is 5.94. The number of rotatable bonds is 18. The predicted octanol–water partition coefficient (Wildman–Crippen LogP) is 3.04. The van der Waals surface area contributed by atoms with Crippen LogP contribution in [0.4, 0.5) is 4.79 Å². The van der Waals surface area contributed by atoms with Crippen molar-refractivity contribution < 1.29 is 28.7 Å². The summed E-state index contributed by atoms with van der Waals surface area (Å²) in [4.78, 5) is 71.3. The molecule has 0 spiro atoms. The maximum Gasteiger partial charge on any atom is 0.408 e. The van der Waals surface area contributed by atoms with Crippen LogP contribution in [0, 0.1) is 17.8 Å². The number of H-pyrrole nitrogens is 1. The summed E-state index contributed by atoms with van der Waals surface area (Å²) in [6, 6.07) is 5.53. The SMILES string of the molecule is CC(C)C[C@H](NC(=O)OCc1ccccc1)C(=O)N[C@@H](CC(C)C)C(=O)N[C@@H](CC(C)C)C(=O)N[C@H](C=O)Cc1cnc[nH]1. The first-order valence-corrected chi connectivity index (χ1v) is 15.2. The van der Waals surface area contributed by atoms with Crippen LogP contribution in [0.2, 0.25) is 0 Å². The molecule has 242 valence electrons. The van der Waals surface area contributed by atoms with Gasteiger partial charge in [0.15, 0.2) is 0 Å². The van der Waals surface area contributed by atoms with E-state index in [1.54, 1.807) is 6.20 Å². The lowest BCUT2D eigenvalue weighted by Gasteiger charge is -2.27. The van der Waals surface area contributed by atoms with Gasteiger partial charge in [-0.15, -0.1) is 0 Å². The fourth-order valence-electron chi connectivity index (χ4n) is 4.61. The maximum absolute atomic E-state index is 13.5. The lowest BCUT2D eigenvalue weighted by atomic mass is 9.98. The van der Waals surface area contributed by atoms with Crippen molar-refractivity contribution in [1.82, 2.24) is 31.2 Å². The number of amides is 4. The second-order valence-electron chi connectivity index (χ2n) is 12.3. The van der Waals surface area contributed by atoms with E-state index in [1.165, 1.54) is 6.33 Å². The molecule has 2 rings (SSSR count). The summed E-state index contributed by atoms with van der Waals surface area (Å²) >= 11 is 0. The van der Waals surface area contributed by atoms with E-state index in [0.29, 0.717) is 31.2 Å². The van der Waals surface area contributed by atoms with Crippen molar-refractivity contribution in [2.24, 2.45) is 17.8 Å². The number of nitrogens with zero attached hydrogens (tertiary/aromatic N) is 1. The Hall–Kier alpha value is -4.22. The Morgan fingerprint density at radius 2 is 1.27 bits per heavy atom. The van der Waals surface area contributed by atoms with E-state index in [-0.39, 0.29) is 30.8 Å². The molecule has 0 unspecified atom stereocenters. The third kappa shape index (κ3) is 13.4. The van der Waals surface area contributed by atoms with Gasteiger partial charge in [0, 0.05) is 18.3 Å². The van der Waals surface area contributed by atoms with Gasteiger partial charge in [0.05, 0.1) is 12.4 Å². The molecule has 1 heterocycles. The molecule has 0 aliphatic carbocycles. The molecule has 0 aliphatic heterocycles. The van der Waals surface area contributed by atoms with E-state index < -0.39 is 48.0 Å². The zero-order valence-corrected chi connectivity index (χ0v) is 26.6. The van der Waals surface area contributed by atoms with E-state index in [9.17, 15) is 24.0 Å². The zero-order chi connectivity index (χ0) is 32.6. The number of nitrogens with one attached hydrogen (secondary N) is 5. The summed E-state index contributed by atoms with van der Waals surface area (Å²) in [5.74, 6) is -1.42. The Morgan fingerprint density at radius 1 is 0.773 bits per heavy atom. The van der Waals surface area contributed by atoms with Crippen molar-refractivity contribution in [3.05, 3.63) is 54.1 Å². The topological polar surface area (TPSA) is 171 Å². The molecule has 0 aliphatic rings. The highest BCUT2D eigenvalue weighted by Crippen LogP contribution is 2.12. The highest BCUT2D eigenvalue weighted by atomic mass is 16.5. The Morgan fingerprint density at radius 3 is 1.73 bits per heavy atom. The summed E-state index contributed by atoms with van der Waals surface area (Å²) in [5, 5.41) is 10.9. The molecule has 1 aromatic heterocycles. The number of alkyl carbamates (subject to hydrolysis) is 1. The minimum atomic E-state index is -0.964. The van der Waals surface area contributed by atoms with Crippen molar-refractivity contribution in [2.75, 3.05) is 0 Å². The molecule has 0 saturated heterocycles. The van der Waals surface area contributed by atoms with Crippen LogP contribution in [0.1, 0.15) is 72.1 Å². The molecule has 0 saturated carbocycles. The number of aldehydes is 1. The molecule has 44 heavy (non-hydrogen) atoms. The minimum Gasteiger partial charge on any atom is -0.445 e. The van der Waals surface area contributed by atoms with Crippen molar-refractivity contribution >= 4 is 30.1 Å². The molecule has 4 amide bonds. The van der Waals surface area contributed by atoms with Crippen molar-refractivity contribution in [1.29, 1.82) is 0 Å². The Kier molecular flexibility index (Phi) is 15.1. The quantitative estimate of drug-likeness (QED) is 0.161. The van der Waals surface area contributed by atoms with Gasteiger partial charge in [-0.25, -0.2) is 9.78 Å². The Balaban J connectivity index is 2.11. The summed E-state index contributed by atoms with van der Waals surface area (Å²) in [5.41, 5.74) is 1.49. The lowest BCUT2D eigenvalue weighted by molar-refractivity contribution is -0.133. The first-order valence-electron chi connectivity index (χ1n) is 15.2. The normalized spacial score (nSPS) is 13.9. The number of hydrogen-bond donors (Lipinski definition) is 5. The number of ether oxygens (including phenoxy) is 1. The van der Waals surface area contributed by atoms with Gasteiger partial charge >= 0.3 is 6.09 Å².